The maximum absolute atomic E-state index is 10.8. The molecular weight excluding hydrogens is 244 g/mol. The van der Waals surface area contributed by atoms with Gasteiger partial charge in [-0.3, -0.25) is 20.2 Å². The Kier molecular flexibility index (Phi) is 4.55. The Morgan fingerprint density at radius 1 is 1.22 bits per heavy atom. The van der Waals surface area contributed by atoms with Gasteiger partial charge in [-0.15, -0.1) is 0 Å². The molecule has 0 aromatic heterocycles. The number of hydrogen-bond acceptors (Lipinski definition) is 6. The lowest BCUT2D eigenvalue weighted by molar-refractivity contribution is -0.394. The van der Waals surface area contributed by atoms with E-state index in [-0.39, 0.29) is 24.3 Å². The first kappa shape index (κ1) is 13.8. The fraction of sp³-hybridized carbons (Fsp3) is 0.400. The summed E-state index contributed by atoms with van der Waals surface area (Å²) in [6.07, 6.45) is -0.0814. The summed E-state index contributed by atoms with van der Waals surface area (Å²) in [7, 11) is 0. The van der Waals surface area contributed by atoms with Crippen LogP contribution in [-0.4, -0.2) is 22.7 Å². The van der Waals surface area contributed by atoms with E-state index in [9.17, 15) is 20.2 Å². The summed E-state index contributed by atoms with van der Waals surface area (Å²) in [5, 5.41) is 21.3. The number of nitro benzene ring substituents is 2. The minimum absolute atomic E-state index is 0.0637. The lowest BCUT2D eigenvalue weighted by atomic mass is 10.2. The van der Waals surface area contributed by atoms with Crippen LogP contribution in [0.15, 0.2) is 18.2 Å². The minimum Gasteiger partial charge on any atom is -0.460 e. The number of rotatable bonds is 6. The van der Waals surface area contributed by atoms with Gasteiger partial charge in [0.1, 0.15) is 0 Å². The Balaban J connectivity index is 2.90. The van der Waals surface area contributed by atoms with E-state index in [1.54, 1.807) is 13.8 Å². The van der Waals surface area contributed by atoms with E-state index in [2.05, 4.69) is 0 Å². The highest BCUT2D eigenvalue weighted by Gasteiger charge is 2.20. The Morgan fingerprint density at radius 2 is 1.89 bits per heavy atom. The van der Waals surface area contributed by atoms with Crippen LogP contribution in [0.2, 0.25) is 0 Å². The summed E-state index contributed by atoms with van der Waals surface area (Å²) in [5.74, 6) is -0.0637. The Labute approximate surface area is 102 Å². The van der Waals surface area contributed by atoms with Gasteiger partial charge in [0.05, 0.1) is 22.0 Å². The van der Waals surface area contributed by atoms with Crippen LogP contribution in [0, 0.1) is 20.2 Å². The zero-order valence-corrected chi connectivity index (χ0v) is 9.86. The first-order valence-electron chi connectivity index (χ1n) is 5.09. The fourth-order valence-corrected chi connectivity index (χ4v) is 1.12. The van der Waals surface area contributed by atoms with E-state index >= 15 is 0 Å². The van der Waals surface area contributed by atoms with Crippen LogP contribution in [0.4, 0.5) is 11.4 Å². The smallest absolute Gasteiger partial charge is 0.317 e. The molecule has 0 bridgehead atoms. The van der Waals surface area contributed by atoms with Crippen LogP contribution in [0.1, 0.15) is 13.8 Å². The van der Waals surface area contributed by atoms with E-state index in [1.807, 2.05) is 0 Å². The normalized spacial score (nSPS) is 10.4. The molecule has 0 saturated carbocycles. The molecule has 0 amide bonds. The third-order valence-electron chi connectivity index (χ3n) is 1.97. The molecule has 0 fully saturated rings. The van der Waals surface area contributed by atoms with Gasteiger partial charge >= 0.3 is 5.69 Å². The van der Waals surface area contributed by atoms with Crippen LogP contribution in [0.25, 0.3) is 0 Å². The lowest BCUT2D eigenvalue weighted by Crippen LogP contribution is -2.10. The lowest BCUT2D eigenvalue weighted by Gasteiger charge is -2.09. The molecule has 0 saturated heterocycles. The van der Waals surface area contributed by atoms with Gasteiger partial charge < -0.3 is 9.47 Å². The number of benzene rings is 1. The van der Waals surface area contributed by atoms with Crippen LogP contribution < -0.4 is 4.74 Å². The molecular formula is C10H12N2O6. The molecule has 0 aliphatic carbocycles. The molecule has 0 aliphatic heterocycles. The van der Waals surface area contributed by atoms with Gasteiger partial charge in [-0.05, 0) is 19.9 Å². The molecule has 1 rings (SSSR count). The molecule has 0 unspecified atom stereocenters. The zero-order chi connectivity index (χ0) is 13.7. The first-order chi connectivity index (χ1) is 8.41. The van der Waals surface area contributed by atoms with Gasteiger partial charge in [0.15, 0.2) is 12.5 Å². The fourth-order valence-electron chi connectivity index (χ4n) is 1.12. The standard InChI is InChI=1S/C10H12N2O6/c1-7(2)17-6-18-10-4-3-8(11(13)14)5-9(10)12(15)16/h3-5,7H,6H2,1-2H3. The number of nitrogens with zero attached hydrogens (tertiary/aromatic N) is 2. The maximum Gasteiger partial charge on any atom is 0.317 e. The zero-order valence-electron chi connectivity index (χ0n) is 9.86. The summed E-state index contributed by atoms with van der Waals surface area (Å²) in [6, 6.07) is 3.17. The molecule has 18 heavy (non-hydrogen) atoms. The van der Waals surface area contributed by atoms with Gasteiger partial charge in [0.25, 0.3) is 5.69 Å². The molecule has 0 spiro atoms. The third-order valence-corrected chi connectivity index (χ3v) is 1.97. The highest BCUT2D eigenvalue weighted by Crippen LogP contribution is 2.30. The second-order valence-corrected chi connectivity index (χ2v) is 3.64. The van der Waals surface area contributed by atoms with Crippen LogP contribution >= 0.6 is 0 Å². The summed E-state index contributed by atoms with van der Waals surface area (Å²) in [6.45, 7) is 3.41. The summed E-state index contributed by atoms with van der Waals surface area (Å²) in [5.41, 5.74) is -0.824. The molecule has 1 aromatic carbocycles. The van der Waals surface area contributed by atoms with Crippen LogP contribution in [0.5, 0.6) is 5.75 Å². The van der Waals surface area contributed by atoms with Gasteiger partial charge in [0.2, 0.25) is 0 Å². The largest absolute Gasteiger partial charge is 0.460 e. The van der Waals surface area contributed by atoms with Crippen molar-refractivity contribution < 1.29 is 19.3 Å². The van der Waals surface area contributed by atoms with E-state index in [1.165, 1.54) is 6.07 Å². The van der Waals surface area contributed by atoms with Crippen LogP contribution in [0.3, 0.4) is 0 Å². The van der Waals surface area contributed by atoms with E-state index in [0.717, 1.165) is 12.1 Å². The predicted octanol–water partition coefficient (Wildman–Crippen LogP) is 2.26. The van der Waals surface area contributed by atoms with E-state index < -0.39 is 15.5 Å². The third kappa shape index (κ3) is 3.67. The molecule has 0 atom stereocenters. The van der Waals surface area contributed by atoms with Crippen molar-refractivity contribution in [3.05, 3.63) is 38.4 Å². The van der Waals surface area contributed by atoms with Crippen molar-refractivity contribution in [2.24, 2.45) is 0 Å². The van der Waals surface area contributed by atoms with E-state index in [4.69, 9.17) is 9.47 Å². The number of ether oxygens (including phenoxy) is 2. The van der Waals surface area contributed by atoms with Gasteiger partial charge in [0, 0.05) is 6.07 Å². The van der Waals surface area contributed by atoms with Crippen molar-refractivity contribution >= 4 is 11.4 Å². The van der Waals surface area contributed by atoms with Crippen molar-refractivity contribution in [3.63, 3.8) is 0 Å². The van der Waals surface area contributed by atoms with Crippen LogP contribution in [-0.2, 0) is 4.74 Å². The molecule has 0 heterocycles. The monoisotopic (exact) mass is 256 g/mol. The molecule has 8 heteroatoms. The van der Waals surface area contributed by atoms with Crippen molar-refractivity contribution in [2.45, 2.75) is 20.0 Å². The van der Waals surface area contributed by atoms with Crippen molar-refractivity contribution in [2.75, 3.05) is 6.79 Å². The second kappa shape index (κ2) is 5.92. The molecule has 0 N–H and O–H groups in total. The van der Waals surface area contributed by atoms with Crippen molar-refractivity contribution in [1.82, 2.24) is 0 Å². The highest BCUT2D eigenvalue weighted by atomic mass is 16.7. The first-order valence-corrected chi connectivity index (χ1v) is 5.09. The quantitative estimate of drug-likeness (QED) is 0.439. The highest BCUT2D eigenvalue weighted by molar-refractivity contribution is 5.53. The van der Waals surface area contributed by atoms with Crippen molar-refractivity contribution in [1.29, 1.82) is 0 Å². The summed E-state index contributed by atoms with van der Waals surface area (Å²) in [4.78, 5) is 19.8. The minimum atomic E-state index is -0.738. The molecule has 98 valence electrons. The number of nitro groups is 2. The number of hydrogen-bond donors (Lipinski definition) is 0. The van der Waals surface area contributed by atoms with Gasteiger partial charge in [-0.1, -0.05) is 0 Å². The molecule has 0 aliphatic rings. The van der Waals surface area contributed by atoms with Gasteiger partial charge in [-0.2, -0.15) is 0 Å². The van der Waals surface area contributed by atoms with Crippen molar-refractivity contribution in [3.8, 4) is 5.75 Å². The van der Waals surface area contributed by atoms with E-state index in [0.29, 0.717) is 0 Å². The Hall–Kier alpha value is -2.22. The topological polar surface area (TPSA) is 105 Å². The average molecular weight is 256 g/mol. The Bertz CT molecular complexity index is 460. The summed E-state index contributed by atoms with van der Waals surface area (Å²) < 4.78 is 10.1. The maximum atomic E-state index is 10.8. The predicted molar refractivity (Wildman–Crippen MR) is 61.5 cm³/mol. The summed E-state index contributed by atoms with van der Waals surface area (Å²) >= 11 is 0. The molecule has 8 nitrogen and oxygen atoms in total. The van der Waals surface area contributed by atoms with Gasteiger partial charge in [-0.25, -0.2) is 0 Å². The Morgan fingerprint density at radius 3 is 2.39 bits per heavy atom. The average Bonchev–Trinajstić information content (AvgIpc) is 2.28. The second-order valence-electron chi connectivity index (χ2n) is 3.64. The molecule has 1 aromatic rings. The number of non-ortho nitro benzene ring substituents is 1. The molecule has 0 radical (unpaired) electrons. The SMILES string of the molecule is CC(C)OCOc1ccc([N+](=O)[O-])cc1[N+](=O)[O-].